The molecule has 1 aromatic rings. The molecule has 0 radical (unpaired) electrons. The average molecular weight is 414 g/mol. The van der Waals surface area contributed by atoms with Crippen LogP contribution in [0.2, 0.25) is 0 Å². The zero-order chi connectivity index (χ0) is 22.2. The lowest BCUT2D eigenvalue weighted by molar-refractivity contribution is -0.169. The molecule has 1 aromatic carbocycles. The Bertz CT molecular complexity index is 803. The van der Waals surface area contributed by atoms with Crippen LogP contribution < -0.4 is 0 Å². The zero-order valence-electron chi connectivity index (χ0n) is 19.1. The Labute approximate surface area is 180 Å². The van der Waals surface area contributed by atoms with Crippen molar-refractivity contribution in [3.63, 3.8) is 0 Å². The van der Waals surface area contributed by atoms with Gasteiger partial charge in [0.25, 0.3) is 0 Å². The quantitative estimate of drug-likeness (QED) is 0.619. The number of rotatable bonds is 3. The van der Waals surface area contributed by atoms with Crippen molar-refractivity contribution in [1.29, 1.82) is 0 Å². The summed E-state index contributed by atoms with van der Waals surface area (Å²) in [7, 11) is 0. The van der Waals surface area contributed by atoms with Gasteiger partial charge in [0.1, 0.15) is 11.2 Å². The summed E-state index contributed by atoms with van der Waals surface area (Å²) in [4.78, 5) is 28.3. The van der Waals surface area contributed by atoms with E-state index in [2.05, 4.69) is 6.08 Å². The maximum absolute atomic E-state index is 13.5. The van der Waals surface area contributed by atoms with Crippen molar-refractivity contribution in [1.82, 2.24) is 4.90 Å². The van der Waals surface area contributed by atoms with Crippen molar-refractivity contribution in [2.24, 2.45) is 11.3 Å². The van der Waals surface area contributed by atoms with Crippen LogP contribution in [-0.2, 0) is 14.3 Å². The summed E-state index contributed by atoms with van der Waals surface area (Å²) in [5.74, 6) is -0.321. The minimum absolute atomic E-state index is 0.118. The number of esters is 1. The summed E-state index contributed by atoms with van der Waals surface area (Å²) in [6.07, 6.45) is 6.17. The summed E-state index contributed by atoms with van der Waals surface area (Å²) in [5.41, 5.74) is -0.814. The topological polar surface area (TPSA) is 55.8 Å². The lowest BCUT2D eigenvalue weighted by Crippen LogP contribution is -2.48. The van der Waals surface area contributed by atoms with E-state index in [1.807, 2.05) is 78.0 Å². The Morgan fingerprint density at radius 3 is 2.27 bits per heavy atom. The normalized spacial score (nSPS) is 26.7. The summed E-state index contributed by atoms with van der Waals surface area (Å²) in [6, 6.07) is 9.82. The second kappa shape index (κ2) is 8.09. The van der Waals surface area contributed by atoms with Gasteiger partial charge >= 0.3 is 12.1 Å². The van der Waals surface area contributed by atoms with Gasteiger partial charge in [0.05, 0.1) is 11.5 Å². The molecule has 164 valence electrons. The van der Waals surface area contributed by atoms with Gasteiger partial charge in [-0.25, -0.2) is 4.79 Å². The van der Waals surface area contributed by atoms with E-state index in [4.69, 9.17) is 9.47 Å². The van der Waals surface area contributed by atoms with Crippen LogP contribution in [-0.4, -0.2) is 40.8 Å². The molecule has 0 N–H and O–H groups in total. The van der Waals surface area contributed by atoms with E-state index in [1.165, 1.54) is 0 Å². The second-order valence-corrected chi connectivity index (χ2v) is 10.5. The van der Waals surface area contributed by atoms with Crippen LogP contribution in [0.3, 0.4) is 0 Å². The number of fused-ring (bicyclic) bond motifs is 1. The molecule has 1 saturated heterocycles. The van der Waals surface area contributed by atoms with Crippen LogP contribution in [0, 0.1) is 11.3 Å². The van der Waals surface area contributed by atoms with E-state index in [0.29, 0.717) is 6.54 Å². The first kappa shape index (κ1) is 22.4. The van der Waals surface area contributed by atoms with Crippen molar-refractivity contribution < 1.29 is 19.1 Å². The first-order valence-corrected chi connectivity index (χ1v) is 10.9. The third-order valence-corrected chi connectivity index (χ3v) is 5.82. The predicted molar refractivity (Wildman–Crippen MR) is 118 cm³/mol. The van der Waals surface area contributed by atoms with Crippen LogP contribution in [0.5, 0.6) is 0 Å². The fraction of sp³-hybridized carbons (Fsp3) is 0.600. The van der Waals surface area contributed by atoms with Crippen molar-refractivity contribution in [2.45, 2.75) is 78.0 Å². The molecule has 1 amide bonds. The minimum atomic E-state index is -0.727. The van der Waals surface area contributed by atoms with Gasteiger partial charge in [-0.2, -0.15) is 0 Å². The van der Waals surface area contributed by atoms with E-state index >= 15 is 0 Å². The maximum atomic E-state index is 13.5. The number of carbonyl (C=O) groups is 2. The summed E-state index contributed by atoms with van der Waals surface area (Å²) >= 11 is 0. The fourth-order valence-electron chi connectivity index (χ4n) is 4.69. The Kier molecular flexibility index (Phi) is 6.03. The first-order chi connectivity index (χ1) is 13.9. The molecule has 1 heterocycles. The highest BCUT2D eigenvalue weighted by Gasteiger charge is 2.63. The van der Waals surface area contributed by atoms with Gasteiger partial charge in [-0.05, 0) is 59.9 Å². The summed E-state index contributed by atoms with van der Waals surface area (Å²) < 4.78 is 11.6. The summed E-state index contributed by atoms with van der Waals surface area (Å²) in [6.45, 7) is 11.7. The number of carbonyl (C=O) groups excluding carboxylic acids is 2. The van der Waals surface area contributed by atoms with Crippen LogP contribution in [0.25, 0.3) is 6.08 Å². The third-order valence-electron chi connectivity index (χ3n) is 5.82. The second-order valence-electron chi connectivity index (χ2n) is 10.5. The lowest BCUT2D eigenvalue weighted by atomic mass is 9.74. The fourth-order valence-corrected chi connectivity index (χ4v) is 4.69. The van der Waals surface area contributed by atoms with Crippen LogP contribution >= 0.6 is 0 Å². The highest BCUT2D eigenvalue weighted by atomic mass is 16.6. The molecule has 0 spiro atoms. The molecule has 5 heteroatoms. The third kappa shape index (κ3) is 4.71. The molecular formula is C25H35NO4. The molecule has 2 aliphatic rings. The smallest absolute Gasteiger partial charge is 0.410 e. The van der Waals surface area contributed by atoms with E-state index in [1.54, 1.807) is 4.90 Å². The highest BCUT2D eigenvalue weighted by Crippen LogP contribution is 2.54. The lowest BCUT2D eigenvalue weighted by Gasteiger charge is -2.35. The summed E-state index contributed by atoms with van der Waals surface area (Å²) in [5, 5.41) is 0. The van der Waals surface area contributed by atoms with Gasteiger partial charge in [-0.1, -0.05) is 48.9 Å². The molecule has 0 aromatic heterocycles. The van der Waals surface area contributed by atoms with Crippen LogP contribution in [0.1, 0.15) is 66.4 Å². The van der Waals surface area contributed by atoms with Gasteiger partial charge in [0.2, 0.25) is 0 Å². The van der Waals surface area contributed by atoms with E-state index < -0.39 is 16.6 Å². The molecule has 0 unspecified atom stereocenters. The predicted octanol–water partition coefficient (Wildman–Crippen LogP) is 5.45. The Morgan fingerprint density at radius 1 is 1.03 bits per heavy atom. The first-order valence-electron chi connectivity index (χ1n) is 10.9. The number of nitrogens with zero attached hydrogens (tertiary/aromatic N) is 1. The van der Waals surface area contributed by atoms with Crippen molar-refractivity contribution in [2.75, 3.05) is 6.54 Å². The van der Waals surface area contributed by atoms with E-state index in [0.717, 1.165) is 24.8 Å². The van der Waals surface area contributed by atoms with E-state index in [-0.39, 0.29) is 24.0 Å². The number of hydrogen-bond donors (Lipinski definition) is 0. The highest BCUT2D eigenvalue weighted by molar-refractivity contribution is 5.82. The molecule has 0 bridgehead atoms. The van der Waals surface area contributed by atoms with Crippen molar-refractivity contribution >= 4 is 18.1 Å². The van der Waals surface area contributed by atoms with Gasteiger partial charge in [0.15, 0.2) is 0 Å². The largest absolute Gasteiger partial charge is 0.459 e. The Morgan fingerprint density at radius 2 is 1.67 bits per heavy atom. The molecule has 1 saturated carbocycles. The van der Waals surface area contributed by atoms with Crippen LogP contribution in [0.15, 0.2) is 36.4 Å². The number of ether oxygens (including phenoxy) is 2. The molecule has 5 nitrogen and oxygen atoms in total. The monoisotopic (exact) mass is 413 g/mol. The molecule has 3 rings (SSSR count). The molecule has 1 aliphatic heterocycles. The van der Waals surface area contributed by atoms with Gasteiger partial charge < -0.3 is 14.4 Å². The zero-order valence-corrected chi connectivity index (χ0v) is 19.1. The Balaban J connectivity index is 1.96. The van der Waals surface area contributed by atoms with Crippen molar-refractivity contribution in [3.05, 3.63) is 42.0 Å². The van der Waals surface area contributed by atoms with E-state index in [9.17, 15) is 9.59 Å². The Hall–Kier alpha value is -2.30. The molecular weight excluding hydrogens is 378 g/mol. The SMILES string of the molecule is CC(C)(C)OC(=O)N1C[C@@H](/C=C/c2ccccc2)[C@]2(C(=O)OC(C)(C)C)CCC[C@@H]12. The standard InChI is InChI=1S/C25H35NO4/c1-23(2,3)29-21(27)25-16-10-13-20(25)26(22(28)30-24(4,5)6)17-19(25)15-14-18-11-8-7-9-12-18/h7-9,11-12,14-15,19-20H,10,13,16-17H2,1-6H3/b15-14+/t19-,20-,25-/m1/s1. The maximum Gasteiger partial charge on any atom is 0.410 e. The molecule has 3 atom stereocenters. The van der Waals surface area contributed by atoms with Gasteiger partial charge in [0, 0.05) is 12.5 Å². The average Bonchev–Trinajstić information content (AvgIpc) is 3.17. The molecule has 30 heavy (non-hydrogen) atoms. The van der Waals surface area contributed by atoms with Crippen LogP contribution in [0.4, 0.5) is 4.79 Å². The number of benzene rings is 1. The minimum Gasteiger partial charge on any atom is -0.459 e. The van der Waals surface area contributed by atoms with Gasteiger partial charge in [-0.15, -0.1) is 0 Å². The van der Waals surface area contributed by atoms with Gasteiger partial charge in [-0.3, -0.25) is 4.79 Å². The van der Waals surface area contributed by atoms with Crippen molar-refractivity contribution in [3.8, 4) is 0 Å². The number of likely N-dealkylation sites (tertiary alicyclic amines) is 1. The number of hydrogen-bond acceptors (Lipinski definition) is 4. The number of amides is 1. The molecule has 2 fully saturated rings. The molecule has 1 aliphatic carbocycles.